The van der Waals surface area contributed by atoms with Crippen molar-refractivity contribution in [2.24, 2.45) is 0 Å². The number of alkyl halides is 3. The quantitative estimate of drug-likeness (QED) is 0.874. The Bertz CT molecular complexity index is 377. The molecule has 0 spiro atoms. The highest BCUT2D eigenvalue weighted by Crippen LogP contribution is 2.30. The van der Waals surface area contributed by atoms with Gasteiger partial charge in [0.1, 0.15) is 0 Å². The fraction of sp³-hybridized carbons (Fsp3) is 0.600. The molecule has 90 valence electrons. The number of nitrogens with zero attached hydrogens (tertiary/aromatic N) is 2. The molecule has 1 rings (SSSR count). The van der Waals surface area contributed by atoms with E-state index in [1.54, 1.807) is 6.92 Å². The molecule has 0 aliphatic rings. The normalized spacial score (nSPS) is 11.8. The Balaban J connectivity index is 3.26. The van der Waals surface area contributed by atoms with Crippen LogP contribution >= 0.6 is 0 Å². The Morgan fingerprint density at radius 3 is 2.25 bits per heavy atom. The first-order valence-electron chi connectivity index (χ1n) is 5.06. The maximum Gasteiger partial charge on any atom is 0.451 e. The second kappa shape index (κ2) is 4.67. The van der Waals surface area contributed by atoms with Crippen LogP contribution < -0.4 is 0 Å². The van der Waals surface area contributed by atoms with E-state index in [9.17, 15) is 18.3 Å². The van der Waals surface area contributed by atoms with E-state index >= 15 is 0 Å². The van der Waals surface area contributed by atoms with Crippen molar-refractivity contribution in [1.82, 2.24) is 9.97 Å². The third kappa shape index (κ3) is 2.62. The Hall–Kier alpha value is -1.33. The maximum atomic E-state index is 12.4. The average Bonchev–Trinajstić information content (AvgIpc) is 2.19. The lowest BCUT2D eigenvalue weighted by molar-refractivity contribution is -0.145. The van der Waals surface area contributed by atoms with Gasteiger partial charge in [0.25, 0.3) is 0 Å². The van der Waals surface area contributed by atoms with Crippen molar-refractivity contribution in [1.29, 1.82) is 0 Å². The highest BCUT2D eigenvalue weighted by atomic mass is 19.4. The van der Waals surface area contributed by atoms with Gasteiger partial charge >= 0.3 is 6.18 Å². The summed E-state index contributed by atoms with van der Waals surface area (Å²) in [6, 6.07) is 0. The van der Waals surface area contributed by atoms with Gasteiger partial charge in [0.05, 0.1) is 5.69 Å². The topological polar surface area (TPSA) is 46.0 Å². The lowest BCUT2D eigenvalue weighted by Crippen LogP contribution is -2.14. The summed E-state index contributed by atoms with van der Waals surface area (Å²) < 4.78 is 37.1. The lowest BCUT2D eigenvalue weighted by atomic mass is 10.1. The number of hydrogen-bond donors (Lipinski definition) is 1. The van der Waals surface area contributed by atoms with Gasteiger partial charge in [-0.25, -0.2) is 4.98 Å². The van der Waals surface area contributed by atoms with Crippen LogP contribution in [-0.4, -0.2) is 15.1 Å². The van der Waals surface area contributed by atoms with Crippen molar-refractivity contribution in [2.75, 3.05) is 0 Å². The molecule has 0 aromatic carbocycles. The lowest BCUT2D eigenvalue weighted by Gasteiger charge is -2.11. The molecule has 0 amide bonds. The summed E-state index contributed by atoms with van der Waals surface area (Å²) in [6.07, 6.45) is -3.08. The third-order valence-corrected chi connectivity index (χ3v) is 2.16. The first-order valence-corrected chi connectivity index (χ1v) is 5.06. The molecule has 1 heterocycles. The second-order valence-electron chi connectivity index (χ2n) is 3.40. The molecule has 1 N–H and O–H groups in total. The fourth-order valence-corrected chi connectivity index (χ4v) is 1.44. The zero-order chi connectivity index (χ0) is 12.3. The summed E-state index contributed by atoms with van der Waals surface area (Å²) in [6.45, 7) is 3.57. The average molecular weight is 234 g/mol. The summed E-state index contributed by atoms with van der Waals surface area (Å²) in [5.41, 5.74) is 0.680. The predicted molar refractivity (Wildman–Crippen MR) is 52.1 cm³/mol. The van der Waals surface area contributed by atoms with Gasteiger partial charge in [-0.2, -0.15) is 18.2 Å². The fourth-order valence-electron chi connectivity index (χ4n) is 1.44. The van der Waals surface area contributed by atoms with E-state index in [1.807, 2.05) is 6.92 Å². The molecule has 16 heavy (non-hydrogen) atoms. The van der Waals surface area contributed by atoms with Crippen molar-refractivity contribution in [3.63, 3.8) is 0 Å². The van der Waals surface area contributed by atoms with Crippen LogP contribution in [0.5, 0.6) is 5.88 Å². The standard InChI is InChI=1S/C10H13F3N2O/c1-3-5-6-7(4-2)14-9(10(11,12)13)15-8(6)16/h3-5H2,1-2H3,(H,14,15,16). The van der Waals surface area contributed by atoms with Crippen molar-refractivity contribution in [3.05, 3.63) is 17.1 Å². The molecule has 1 aromatic rings. The summed E-state index contributed by atoms with van der Waals surface area (Å²) >= 11 is 0. The minimum absolute atomic E-state index is 0.265. The third-order valence-electron chi connectivity index (χ3n) is 2.16. The molecule has 0 radical (unpaired) electrons. The van der Waals surface area contributed by atoms with E-state index in [4.69, 9.17) is 0 Å². The van der Waals surface area contributed by atoms with Gasteiger partial charge in [0.15, 0.2) is 0 Å². The molecule has 0 saturated heterocycles. The van der Waals surface area contributed by atoms with Crippen LogP contribution in [-0.2, 0) is 19.0 Å². The van der Waals surface area contributed by atoms with Crippen LogP contribution in [0.15, 0.2) is 0 Å². The molecule has 1 aromatic heterocycles. The van der Waals surface area contributed by atoms with Crippen LogP contribution in [0, 0.1) is 0 Å². The number of aryl methyl sites for hydroxylation is 1. The van der Waals surface area contributed by atoms with Crippen molar-refractivity contribution < 1.29 is 18.3 Å². The van der Waals surface area contributed by atoms with Crippen molar-refractivity contribution in [3.8, 4) is 5.88 Å². The Morgan fingerprint density at radius 2 is 1.81 bits per heavy atom. The zero-order valence-corrected chi connectivity index (χ0v) is 9.10. The monoisotopic (exact) mass is 234 g/mol. The Kier molecular flexibility index (Phi) is 3.72. The zero-order valence-electron chi connectivity index (χ0n) is 9.10. The van der Waals surface area contributed by atoms with Crippen LogP contribution in [0.2, 0.25) is 0 Å². The van der Waals surface area contributed by atoms with Crippen molar-refractivity contribution in [2.45, 2.75) is 39.3 Å². The molecule has 0 fully saturated rings. The molecule has 0 bridgehead atoms. The minimum Gasteiger partial charge on any atom is -0.493 e. The van der Waals surface area contributed by atoms with Gasteiger partial charge in [-0.3, -0.25) is 0 Å². The van der Waals surface area contributed by atoms with Gasteiger partial charge in [0, 0.05) is 5.56 Å². The smallest absolute Gasteiger partial charge is 0.451 e. The second-order valence-corrected chi connectivity index (χ2v) is 3.40. The highest BCUT2D eigenvalue weighted by molar-refractivity contribution is 5.30. The van der Waals surface area contributed by atoms with Gasteiger partial charge in [-0.1, -0.05) is 20.3 Å². The first kappa shape index (κ1) is 12.7. The molecule has 0 atom stereocenters. The largest absolute Gasteiger partial charge is 0.493 e. The number of rotatable bonds is 3. The highest BCUT2D eigenvalue weighted by Gasteiger charge is 2.36. The van der Waals surface area contributed by atoms with Crippen molar-refractivity contribution >= 4 is 0 Å². The van der Waals surface area contributed by atoms with Crippen LogP contribution in [0.25, 0.3) is 0 Å². The SMILES string of the molecule is CCCc1c(O)nc(C(F)(F)F)nc1CC. The first-order chi connectivity index (χ1) is 7.40. The molecule has 0 unspecified atom stereocenters. The molecule has 0 saturated carbocycles. The summed E-state index contributed by atoms with van der Waals surface area (Å²) in [5.74, 6) is -1.83. The summed E-state index contributed by atoms with van der Waals surface area (Å²) in [5, 5.41) is 9.45. The van der Waals surface area contributed by atoms with E-state index in [1.165, 1.54) is 0 Å². The minimum atomic E-state index is -4.62. The molecule has 6 heteroatoms. The van der Waals surface area contributed by atoms with Crippen LogP contribution in [0.4, 0.5) is 13.2 Å². The van der Waals surface area contributed by atoms with Crippen LogP contribution in [0.1, 0.15) is 37.4 Å². The van der Waals surface area contributed by atoms with E-state index in [-0.39, 0.29) is 5.69 Å². The number of aromatic hydroxyl groups is 1. The maximum absolute atomic E-state index is 12.4. The van der Waals surface area contributed by atoms with Gasteiger partial charge in [0.2, 0.25) is 11.7 Å². The molecular formula is C10H13F3N2O. The van der Waals surface area contributed by atoms with E-state index < -0.39 is 17.9 Å². The number of aromatic nitrogens is 2. The number of halogens is 3. The van der Waals surface area contributed by atoms with E-state index in [0.717, 1.165) is 6.42 Å². The Morgan fingerprint density at radius 1 is 1.19 bits per heavy atom. The predicted octanol–water partition coefficient (Wildman–Crippen LogP) is 2.72. The van der Waals surface area contributed by atoms with Gasteiger partial charge < -0.3 is 5.11 Å². The molecular weight excluding hydrogens is 221 g/mol. The van der Waals surface area contributed by atoms with E-state index in [2.05, 4.69) is 9.97 Å². The van der Waals surface area contributed by atoms with Gasteiger partial charge in [-0.15, -0.1) is 0 Å². The summed E-state index contributed by atoms with van der Waals surface area (Å²) in [7, 11) is 0. The van der Waals surface area contributed by atoms with E-state index in [0.29, 0.717) is 18.4 Å². The molecule has 0 aliphatic heterocycles. The molecule has 3 nitrogen and oxygen atoms in total. The Labute approximate surface area is 91.4 Å². The van der Waals surface area contributed by atoms with Gasteiger partial charge in [-0.05, 0) is 12.8 Å². The summed E-state index contributed by atoms with van der Waals surface area (Å²) in [4.78, 5) is 6.54. The molecule has 0 aliphatic carbocycles. The van der Waals surface area contributed by atoms with Crippen LogP contribution in [0.3, 0.4) is 0 Å². The number of hydrogen-bond acceptors (Lipinski definition) is 3.